The van der Waals surface area contributed by atoms with Gasteiger partial charge in [0.2, 0.25) is 0 Å². The summed E-state index contributed by atoms with van der Waals surface area (Å²) in [6.45, 7) is 0. The second kappa shape index (κ2) is 3.32. The zero-order chi connectivity index (χ0) is 5.86. The molecule has 0 aromatic carbocycles. The molecule has 0 aromatic rings. The summed E-state index contributed by atoms with van der Waals surface area (Å²) in [6, 6.07) is 0. The van der Waals surface area contributed by atoms with E-state index in [1.807, 2.05) is 0 Å². The first-order valence-corrected chi connectivity index (χ1v) is 5.16. The third-order valence-electron chi connectivity index (χ3n) is 0.363. The Morgan fingerprint density at radius 3 is 2.43 bits per heavy atom. The summed E-state index contributed by atoms with van der Waals surface area (Å²) < 4.78 is 5.38. The van der Waals surface area contributed by atoms with E-state index in [0.29, 0.717) is 4.65 Å². The summed E-state index contributed by atoms with van der Waals surface area (Å²) >= 11 is 1.85. The Kier molecular flexibility index (Phi) is 3.46. The second-order valence-corrected chi connectivity index (χ2v) is 5.24. The Labute approximate surface area is 51.4 Å². The number of carboxylic acid groups (broad SMARTS) is 1. The van der Waals surface area contributed by atoms with Gasteiger partial charge in [0.25, 0.3) is 0 Å². The molecule has 7 heavy (non-hydrogen) atoms. The van der Waals surface area contributed by atoms with Gasteiger partial charge in [0, 0.05) is 0 Å². The SMILES string of the molecule is N[Se](CS)C(=O)O. The molecule has 0 aliphatic heterocycles. The fourth-order valence-electron chi connectivity index (χ4n) is 0.0552. The number of hydrogen-bond acceptors (Lipinski definition) is 3. The van der Waals surface area contributed by atoms with Crippen molar-refractivity contribution in [1.82, 2.24) is 0 Å². The molecule has 3 N–H and O–H groups in total. The minimum absolute atomic E-state index is 0.315. The van der Waals surface area contributed by atoms with Gasteiger partial charge in [-0.2, -0.15) is 0 Å². The van der Waals surface area contributed by atoms with Crippen molar-refractivity contribution in [3.05, 3.63) is 0 Å². The molecular weight excluding hydrogens is 181 g/mol. The van der Waals surface area contributed by atoms with Crippen molar-refractivity contribution in [1.29, 1.82) is 0 Å². The number of nitrogens with two attached hydrogens (primary N) is 1. The van der Waals surface area contributed by atoms with Crippen molar-refractivity contribution in [2.45, 2.75) is 0 Å². The van der Waals surface area contributed by atoms with Crippen molar-refractivity contribution in [3.8, 4) is 0 Å². The van der Waals surface area contributed by atoms with Crippen molar-refractivity contribution in [2.24, 2.45) is 4.75 Å². The van der Waals surface area contributed by atoms with E-state index in [-0.39, 0.29) is 0 Å². The predicted molar refractivity (Wildman–Crippen MR) is 31.8 cm³/mol. The number of carbonyl (C=O) groups is 1. The Balaban J connectivity index is 3.34. The average molecular weight is 187 g/mol. The van der Waals surface area contributed by atoms with E-state index in [4.69, 9.17) is 9.86 Å². The number of rotatable bonds is 2. The van der Waals surface area contributed by atoms with Crippen LogP contribution in [-0.4, -0.2) is 28.7 Å². The van der Waals surface area contributed by atoms with Crippen LogP contribution in [0.25, 0.3) is 0 Å². The fraction of sp³-hybridized carbons (Fsp3) is 0.500. The summed E-state index contributed by atoms with van der Waals surface area (Å²) in [7, 11) is 0. The maximum atomic E-state index is 9.81. The van der Waals surface area contributed by atoms with Gasteiger partial charge >= 0.3 is 50.9 Å². The van der Waals surface area contributed by atoms with Crippen LogP contribution in [0, 0.1) is 0 Å². The third-order valence-corrected chi connectivity index (χ3v) is 3.33. The van der Waals surface area contributed by atoms with Crippen molar-refractivity contribution >= 4 is 31.6 Å². The Morgan fingerprint density at radius 2 is 2.43 bits per heavy atom. The molecular formula is C2H6NO2SSe. The van der Waals surface area contributed by atoms with Gasteiger partial charge in [-0.3, -0.25) is 0 Å². The molecule has 0 saturated heterocycles. The van der Waals surface area contributed by atoms with Crippen LogP contribution >= 0.6 is 12.6 Å². The monoisotopic (exact) mass is 188 g/mol. The molecule has 0 saturated carbocycles. The first kappa shape index (κ1) is 7.30. The van der Waals surface area contributed by atoms with E-state index >= 15 is 0 Å². The molecule has 0 unspecified atom stereocenters. The Hall–Kier alpha value is 0.299. The van der Waals surface area contributed by atoms with Crippen LogP contribution in [0.15, 0.2) is 0 Å². The zero-order valence-corrected chi connectivity index (χ0v) is 6.10. The molecule has 1 radical (unpaired) electrons. The van der Waals surface area contributed by atoms with Crippen LogP contribution in [-0.2, 0) is 0 Å². The standard InChI is InChI=1S/C2H6NO2SSe/c3-7(1-6)2(4)5/h6H,1,3H2,(H,4,5). The fourth-order valence-corrected chi connectivity index (χ4v) is 0.861. The topological polar surface area (TPSA) is 63.3 Å². The molecule has 3 nitrogen and oxygen atoms in total. The molecule has 5 heteroatoms. The molecule has 0 aliphatic carbocycles. The summed E-state index contributed by atoms with van der Waals surface area (Å²) in [6.07, 6.45) is 0. The van der Waals surface area contributed by atoms with Gasteiger partial charge in [0.05, 0.1) is 0 Å². The van der Waals surface area contributed by atoms with Crippen molar-refractivity contribution < 1.29 is 9.90 Å². The zero-order valence-electron chi connectivity index (χ0n) is 3.50. The first-order valence-electron chi connectivity index (χ1n) is 1.47. The molecule has 0 amide bonds. The van der Waals surface area contributed by atoms with Gasteiger partial charge in [-0.15, -0.1) is 0 Å². The Bertz CT molecular complexity index is 78.1. The molecule has 0 atom stereocenters. The van der Waals surface area contributed by atoms with E-state index in [1.165, 1.54) is 0 Å². The molecule has 0 heterocycles. The second-order valence-electron chi connectivity index (χ2n) is 0.824. The summed E-state index contributed by atoms with van der Waals surface area (Å²) in [5, 5.41) is 8.06. The maximum absolute atomic E-state index is 9.81. The van der Waals surface area contributed by atoms with Crippen molar-refractivity contribution in [3.63, 3.8) is 0 Å². The van der Waals surface area contributed by atoms with Crippen LogP contribution in [0.5, 0.6) is 0 Å². The molecule has 0 aliphatic rings. The van der Waals surface area contributed by atoms with Crippen LogP contribution < -0.4 is 4.75 Å². The molecule has 0 aromatic heterocycles. The molecule has 0 bridgehead atoms. The molecule has 43 valence electrons. The van der Waals surface area contributed by atoms with Crippen LogP contribution in [0.1, 0.15) is 0 Å². The van der Waals surface area contributed by atoms with E-state index in [9.17, 15) is 4.79 Å². The van der Waals surface area contributed by atoms with Gasteiger partial charge in [0.15, 0.2) is 0 Å². The normalized spacial score (nSPS) is 9.57. The molecule has 0 fully saturated rings. The number of thiol groups is 1. The van der Waals surface area contributed by atoms with Gasteiger partial charge in [-0.05, 0) is 0 Å². The van der Waals surface area contributed by atoms with E-state index in [0.717, 1.165) is 0 Å². The quantitative estimate of drug-likeness (QED) is 0.409. The Morgan fingerprint density at radius 1 is 2.00 bits per heavy atom. The van der Waals surface area contributed by atoms with Crippen LogP contribution in [0.2, 0.25) is 0 Å². The van der Waals surface area contributed by atoms with Crippen LogP contribution in [0.4, 0.5) is 4.79 Å². The summed E-state index contributed by atoms with van der Waals surface area (Å²) in [4.78, 5) is 8.93. The minimum atomic E-state index is -1.86. The average Bonchev–Trinajstić information content (AvgIpc) is 1.65. The van der Waals surface area contributed by atoms with Crippen LogP contribution in [0.3, 0.4) is 0 Å². The van der Waals surface area contributed by atoms with Gasteiger partial charge in [0.1, 0.15) is 0 Å². The summed E-state index contributed by atoms with van der Waals surface area (Å²) in [5.74, 6) is 0. The van der Waals surface area contributed by atoms with Gasteiger partial charge in [-0.25, -0.2) is 0 Å². The van der Waals surface area contributed by atoms with E-state index in [1.54, 1.807) is 0 Å². The summed E-state index contributed by atoms with van der Waals surface area (Å²) in [5.41, 5.74) is 0. The van der Waals surface area contributed by atoms with Gasteiger partial charge < -0.3 is 0 Å². The number of hydrogen-bond donors (Lipinski definition) is 3. The molecule has 0 rings (SSSR count). The van der Waals surface area contributed by atoms with E-state index < -0.39 is 19.0 Å². The predicted octanol–water partition coefficient (Wildman–Crippen LogP) is -0.335. The van der Waals surface area contributed by atoms with Crippen molar-refractivity contribution in [2.75, 3.05) is 4.65 Å². The first-order chi connectivity index (χ1) is 3.18. The third kappa shape index (κ3) is 2.93. The molecule has 0 spiro atoms. The van der Waals surface area contributed by atoms with E-state index in [2.05, 4.69) is 12.6 Å². The van der Waals surface area contributed by atoms with Gasteiger partial charge in [-0.1, -0.05) is 0 Å².